The summed E-state index contributed by atoms with van der Waals surface area (Å²) < 4.78 is 0. The van der Waals surface area contributed by atoms with E-state index in [0.717, 1.165) is 31.8 Å². The highest BCUT2D eigenvalue weighted by molar-refractivity contribution is 5.85. The minimum atomic E-state index is 0. The quantitative estimate of drug-likeness (QED) is 0.793. The summed E-state index contributed by atoms with van der Waals surface area (Å²) in [5, 5.41) is 6.44. The Morgan fingerprint density at radius 1 is 1.31 bits per heavy atom. The largest absolute Gasteiger partial charge is 0.353 e. The lowest BCUT2D eigenvalue weighted by Gasteiger charge is -2.23. The van der Waals surface area contributed by atoms with Crippen LogP contribution in [0.15, 0.2) is 0 Å². The van der Waals surface area contributed by atoms with E-state index >= 15 is 0 Å². The van der Waals surface area contributed by atoms with Gasteiger partial charge in [0, 0.05) is 12.0 Å². The van der Waals surface area contributed by atoms with Crippen LogP contribution in [-0.2, 0) is 4.79 Å². The number of carbonyl (C=O) groups excluding carboxylic acids is 1. The van der Waals surface area contributed by atoms with Gasteiger partial charge in [0.25, 0.3) is 0 Å². The molecule has 0 bridgehead atoms. The smallest absolute Gasteiger partial charge is 0.223 e. The zero-order valence-electron chi connectivity index (χ0n) is 10.00. The number of hydrogen-bond acceptors (Lipinski definition) is 2. The van der Waals surface area contributed by atoms with Crippen LogP contribution in [-0.4, -0.2) is 25.0 Å². The van der Waals surface area contributed by atoms with Crippen molar-refractivity contribution in [3.63, 3.8) is 0 Å². The Morgan fingerprint density at radius 2 is 1.94 bits per heavy atom. The number of halogens is 1. The molecule has 0 aromatic carbocycles. The molecular weight excluding hydrogens is 224 g/mol. The zero-order valence-corrected chi connectivity index (χ0v) is 10.8. The summed E-state index contributed by atoms with van der Waals surface area (Å²) in [6.45, 7) is 4.13. The average Bonchev–Trinajstić information content (AvgIpc) is 3.03. The number of rotatable bonds is 4. The van der Waals surface area contributed by atoms with Crippen LogP contribution < -0.4 is 10.6 Å². The molecule has 4 heteroatoms. The number of amides is 1. The molecule has 1 unspecified atom stereocenters. The molecule has 0 aromatic rings. The summed E-state index contributed by atoms with van der Waals surface area (Å²) >= 11 is 0. The fourth-order valence-electron chi connectivity index (χ4n) is 2.36. The lowest BCUT2D eigenvalue weighted by molar-refractivity contribution is -0.126. The van der Waals surface area contributed by atoms with Crippen LogP contribution in [0.25, 0.3) is 0 Å². The Hall–Kier alpha value is -0.280. The van der Waals surface area contributed by atoms with Crippen LogP contribution in [0.4, 0.5) is 0 Å². The van der Waals surface area contributed by atoms with Gasteiger partial charge < -0.3 is 10.6 Å². The third kappa shape index (κ3) is 4.30. The number of hydrogen-bond donors (Lipinski definition) is 2. The molecule has 1 aliphatic carbocycles. The Bertz CT molecular complexity index is 225. The van der Waals surface area contributed by atoms with Gasteiger partial charge >= 0.3 is 0 Å². The van der Waals surface area contributed by atoms with Crippen LogP contribution in [0.5, 0.6) is 0 Å². The maximum absolute atomic E-state index is 11.9. The van der Waals surface area contributed by atoms with Crippen LogP contribution in [0.3, 0.4) is 0 Å². The Kier molecular flexibility index (Phi) is 5.56. The number of carbonyl (C=O) groups is 1. The second-order valence-electron chi connectivity index (χ2n) is 5.11. The van der Waals surface area contributed by atoms with Crippen LogP contribution in [0.2, 0.25) is 0 Å². The van der Waals surface area contributed by atoms with Crippen molar-refractivity contribution in [3.8, 4) is 0 Å². The maximum Gasteiger partial charge on any atom is 0.223 e. The maximum atomic E-state index is 11.9. The summed E-state index contributed by atoms with van der Waals surface area (Å²) in [5.74, 6) is 1.44. The Balaban J connectivity index is 0.00000128. The lowest BCUT2D eigenvalue weighted by atomic mass is 9.96. The molecule has 1 heterocycles. The van der Waals surface area contributed by atoms with Crippen LogP contribution >= 0.6 is 12.4 Å². The summed E-state index contributed by atoms with van der Waals surface area (Å²) in [6, 6.07) is 0.375. The van der Waals surface area contributed by atoms with Gasteiger partial charge in [0.05, 0.1) is 0 Å². The molecule has 0 aromatic heterocycles. The first-order valence-corrected chi connectivity index (χ1v) is 6.27. The van der Waals surface area contributed by atoms with E-state index in [1.54, 1.807) is 0 Å². The normalized spacial score (nSPS) is 23.3. The highest BCUT2D eigenvalue weighted by atomic mass is 35.5. The summed E-state index contributed by atoms with van der Waals surface area (Å²) in [5.41, 5.74) is 0. The zero-order chi connectivity index (χ0) is 10.7. The van der Waals surface area contributed by atoms with Crippen molar-refractivity contribution in [1.82, 2.24) is 10.6 Å². The second-order valence-corrected chi connectivity index (χ2v) is 5.11. The molecule has 2 fully saturated rings. The fraction of sp³-hybridized carbons (Fsp3) is 0.917. The van der Waals surface area contributed by atoms with Gasteiger partial charge in [0.15, 0.2) is 0 Å². The molecule has 1 amide bonds. The van der Waals surface area contributed by atoms with E-state index in [9.17, 15) is 4.79 Å². The molecule has 1 saturated heterocycles. The predicted molar refractivity (Wildman–Crippen MR) is 67.8 cm³/mol. The van der Waals surface area contributed by atoms with E-state index in [1.807, 2.05) is 0 Å². The molecule has 1 saturated carbocycles. The van der Waals surface area contributed by atoms with E-state index in [1.165, 1.54) is 19.3 Å². The summed E-state index contributed by atoms with van der Waals surface area (Å²) in [4.78, 5) is 11.9. The van der Waals surface area contributed by atoms with Crippen LogP contribution in [0, 0.1) is 11.8 Å². The molecule has 1 aliphatic heterocycles. The van der Waals surface area contributed by atoms with E-state index in [2.05, 4.69) is 17.6 Å². The van der Waals surface area contributed by atoms with E-state index in [0.29, 0.717) is 6.04 Å². The molecule has 16 heavy (non-hydrogen) atoms. The van der Waals surface area contributed by atoms with Crippen molar-refractivity contribution >= 4 is 18.3 Å². The highest BCUT2D eigenvalue weighted by Gasteiger charge is 2.26. The minimum Gasteiger partial charge on any atom is -0.353 e. The van der Waals surface area contributed by atoms with Crippen molar-refractivity contribution in [3.05, 3.63) is 0 Å². The average molecular weight is 247 g/mol. The second kappa shape index (κ2) is 6.45. The van der Waals surface area contributed by atoms with Crippen LogP contribution in [0.1, 0.15) is 39.0 Å². The molecule has 2 rings (SSSR count). The Labute approximate surface area is 104 Å². The monoisotopic (exact) mass is 246 g/mol. The van der Waals surface area contributed by atoms with Gasteiger partial charge in [-0.3, -0.25) is 4.79 Å². The molecule has 2 aliphatic rings. The van der Waals surface area contributed by atoms with Crippen molar-refractivity contribution in [2.45, 2.75) is 45.1 Å². The number of piperidine rings is 1. The first-order valence-electron chi connectivity index (χ1n) is 6.27. The van der Waals surface area contributed by atoms with E-state index in [-0.39, 0.29) is 24.2 Å². The highest BCUT2D eigenvalue weighted by Crippen LogP contribution is 2.33. The molecular formula is C12H23ClN2O. The molecule has 2 N–H and O–H groups in total. The van der Waals surface area contributed by atoms with Crippen molar-refractivity contribution in [2.24, 2.45) is 11.8 Å². The molecule has 0 radical (unpaired) electrons. The van der Waals surface area contributed by atoms with Gasteiger partial charge in [-0.25, -0.2) is 0 Å². The molecule has 94 valence electrons. The van der Waals surface area contributed by atoms with Gasteiger partial charge in [-0.1, -0.05) is 12.8 Å². The fourth-order valence-corrected chi connectivity index (χ4v) is 2.36. The van der Waals surface area contributed by atoms with Crippen molar-refractivity contribution < 1.29 is 4.79 Å². The molecule has 0 spiro atoms. The summed E-state index contributed by atoms with van der Waals surface area (Å²) in [7, 11) is 0. The van der Waals surface area contributed by atoms with Gasteiger partial charge in [-0.05, 0) is 45.2 Å². The van der Waals surface area contributed by atoms with Gasteiger partial charge in [0.2, 0.25) is 5.91 Å². The minimum absolute atomic E-state index is 0. The van der Waals surface area contributed by atoms with E-state index in [4.69, 9.17) is 0 Å². The van der Waals surface area contributed by atoms with E-state index < -0.39 is 0 Å². The van der Waals surface area contributed by atoms with Gasteiger partial charge in [0.1, 0.15) is 0 Å². The predicted octanol–water partition coefficient (Wildman–Crippen LogP) is 1.71. The molecule has 3 nitrogen and oxygen atoms in total. The van der Waals surface area contributed by atoms with Crippen molar-refractivity contribution in [2.75, 3.05) is 13.1 Å². The standard InChI is InChI=1S/C12H22N2O.ClH/c1-9(8-10-2-3-10)14-12(15)11-4-6-13-7-5-11;/h9-11,13H,2-8H2,1H3,(H,14,15);1H. The first kappa shape index (κ1) is 13.8. The first-order chi connectivity index (χ1) is 7.25. The third-order valence-corrected chi connectivity index (χ3v) is 3.48. The molecule has 1 atom stereocenters. The van der Waals surface area contributed by atoms with Gasteiger partial charge in [-0.2, -0.15) is 0 Å². The topological polar surface area (TPSA) is 41.1 Å². The van der Waals surface area contributed by atoms with Crippen molar-refractivity contribution in [1.29, 1.82) is 0 Å². The van der Waals surface area contributed by atoms with Gasteiger partial charge in [-0.15, -0.1) is 12.4 Å². The third-order valence-electron chi connectivity index (χ3n) is 3.48. The Morgan fingerprint density at radius 3 is 2.50 bits per heavy atom. The summed E-state index contributed by atoms with van der Waals surface area (Å²) in [6.07, 6.45) is 5.92. The number of nitrogens with one attached hydrogen (secondary N) is 2. The lowest BCUT2D eigenvalue weighted by Crippen LogP contribution is -2.41. The SMILES string of the molecule is CC(CC1CC1)NC(=O)C1CCNCC1.Cl.